The summed E-state index contributed by atoms with van der Waals surface area (Å²) in [6, 6.07) is -0.381. The summed E-state index contributed by atoms with van der Waals surface area (Å²) in [5, 5.41) is 2.73. The normalized spacial score (nSPS) is 23.9. The minimum atomic E-state index is -0.822. The molecule has 0 aromatic carbocycles. The fourth-order valence-electron chi connectivity index (χ4n) is 1.94. The van der Waals surface area contributed by atoms with Crippen molar-refractivity contribution >= 4 is 11.8 Å². The van der Waals surface area contributed by atoms with Crippen LogP contribution >= 0.6 is 0 Å². The lowest BCUT2D eigenvalue weighted by atomic mass is 9.95. The van der Waals surface area contributed by atoms with Gasteiger partial charge in [-0.05, 0) is 20.3 Å². The number of hydrogen-bond donors (Lipinski definition) is 1. The lowest BCUT2D eigenvalue weighted by Crippen LogP contribution is -2.68. The molecule has 0 saturated carbocycles. The van der Waals surface area contributed by atoms with Crippen molar-refractivity contribution in [1.29, 1.82) is 0 Å². The molecule has 0 aromatic rings. The second-order valence-corrected chi connectivity index (χ2v) is 4.49. The molecular formula is C12H18N2O2. The molecule has 1 aliphatic heterocycles. The fourth-order valence-corrected chi connectivity index (χ4v) is 1.94. The predicted octanol–water partition coefficient (Wildman–Crippen LogP) is 0.525. The first kappa shape index (κ1) is 12.6. The first-order valence-corrected chi connectivity index (χ1v) is 5.50. The Morgan fingerprint density at radius 2 is 2.12 bits per heavy atom. The van der Waals surface area contributed by atoms with Crippen LogP contribution in [0.5, 0.6) is 0 Å². The van der Waals surface area contributed by atoms with E-state index in [0.717, 1.165) is 0 Å². The molecule has 1 N–H and O–H groups in total. The van der Waals surface area contributed by atoms with Crippen molar-refractivity contribution in [2.45, 2.75) is 45.2 Å². The van der Waals surface area contributed by atoms with E-state index in [1.165, 1.54) is 0 Å². The summed E-state index contributed by atoms with van der Waals surface area (Å²) in [5.41, 5.74) is -0.822. The second kappa shape index (κ2) is 4.56. The van der Waals surface area contributed by atoms with Crippen LogP contribution in [0.3, 0.4) is 0 Å². The molecule has 0 aromatic heterocycles. The van der Waals surface area contributed by atoms with E-state index in [2.05, 4.69) is 11.2 Å². The number of piperazine rings is 1. The summed E-state index contributed by atoms with van der Waals surface area (Å²) in [7, 11) is 0. The van der Waals surface area contributed by atoms with Crippen molar-refractivity contribution < 1.29 is 9.59 Å². The average Bonchev–Trinajstić information content (AvgIpc) is 2.20. The van der Waals surface area contributed by atoms with Crippen LogP contribution in [0.4, 0.5) is 0 Å². The third-order valence-electron chi connectivity index (χ3n) is 2.79. The molecule has 1 saturated heterocycles. The van der Waals surface area contributed by atoms with Gasteiger partial charge in [0.15, 0.2) is 0 Å². The molecule has 1 unspecified atom stereocenters. The first-order chi connectivity index (χ1) is 7.44. The van der Waals surface area contributed by atoms with Crippen LogP contribution in [-0.2, 0) is 9.59 Å². The number of terminal acetylenes is 1. The van der Waals surface area contributed by atoms with E-state index in [9.17, 15) is 9.59 Å². The van der Waals surface area contributed by atoms with Crippen molar-refractivity contribution in [1.82, 2.24) is 10.2 Å². The zero-order valence-corrected chi connectivity index (χ0v) is 10.0. The highest BCUT2D eigenvalue weighted by atomic mass is 16.2. The van der Waals surface area contributed by atoms with E-state index in [-0.39, 0.29) is 17.9 Å². The third-order valence-corrected chi connectivity index (χ3v) is 2.79. The van der Waals surface area contributed by atoms with Crippen LogP contribution < -0.4 is 5.32 Å². The highest BCUT2D eigenvalue weighted by molar-refractivity contribution is 5.99. The zero-order valence-electron chi connectivity index (χ0n) is 10.0. The fraction of sp³-hybridized carbons (Fsp3) is 0.667. The lowest BCUT2D eigenvalue weighted by Gasteiger charge is -2.42. The Hall–Kier alpha value is -1.50. The van der Waals surface area contributed by atoms with Gasteiger partial charge in [-0.25, -0.2) is 0 Å². The van der Waals surface area contributed by atoms with Gasteiger partial charge in [-0.15, -0.1) is 12.3 Å². The van der Waals surface area contributed by atoms with Crippen LogP contribution in [-0.4, -0.2) is 34.8 Å². The van der Waals surface area contributed by atoms with Crippen LogP contribution in [0.25, 0.3) is 0 Å². The molecule has 1 atom stereocenters. The molecule has 0 spiro atoms. The van der Waals surface area contributed by atoms with Crippen LogP contribution in [0, 0.1) is 12.3 Å². The van der Waals surface area contributed by atoms with Gasteiger partial charge in [0, 0.05) is 13.0 Å². The average molecular weight is 222 g/mol. The molecule has 2 amide bonds. The molecule has 4 heteroatoms. The van der Waals surface area contributed by atoms with E-state index in [0.29, 0.717) is 19.4 Å². The van der Waals surface area contributed by atoms with Crippen molar-refractivity contribution in [3.8, 4) is 12.3 Å². The number of nitrogens with one attached hydrogen (secondary N) is 1. The predicted molar refractivity (Wildman–Crippen MR) is 61.5 cm³/mol. The maximum atomic E-state index is 12.1. The van der Waals surface area contributed by atoms with Gasteiger partial charge in [-0.1, -0.05) is 6.92 Å². The van der Waals surface area contributed by atoms with Gasteiger partial charge >= 0.3 is 0 Å². The van der Waals surface area contributed by atoms with Gasteiger partial charge in [-0.2, -0.15) is 0 Å². The number of hydrogen-bond acceptors (Lipinski definition) is 2. The van der Waals surface area contributed by atoms with E-state index in [1.807, 2.05) is 6.92 Å². The standard InChI is InChI=1S/C12H18N2O2/c1-5-7-8-14-9(6-2)10(15)13-12(3,4)11(14)16/h1,9H,6-8H2,2-4H3,(H,13,15). The molecule has 88 valence electrons. The van der Waals surface area contributed by atoms with Crippen molar-refractivity contribution in [3.63, 3.8) is 0 Å². The maximum absolute atomic E-state index is 12.1. The maximum Gasteiger partial charge on any atom is 0.248 e. The topological polar surface area (TPSA) is 49.4 Å². The monoisotopic (exact) mass is 222 g/mol. The molecule has 0 aliphatic carbocycles. The van der Waals surface area contributed by atoms with E-state index >= 15 is 0 Å². The Balaban J connectivity index is 2.92. The van der Waals surface area contributed by atoms with Gasteiger partial charge in [-0.3, -0.25) is 9.59 Å². The number of carbonyl (C=O) groups is 2. The molecule has 16 heavy (non-hydrogen) atoms. The van der Waals surface area contributed by atoms with Gasteiger partial charge in [0.1, 0.15) is 11.6 Å². The Morgan fingerprint density at radius 1 is 1.50 bits per heavy atom. The molecule has 0 bridgehead atoms. The summed E-state index contributed by atoms with van der Waals surface area (Å²) in [6.45, 7) is 5.76. The van der Waals surface area contributed by atoms with Gasteiger partial charge in [0.05, 0.1) is 0 Å². The van der Waals surface area contributed by atoms with Crippen molar-refractivity contribution in [3.05, 3.63) is 0 Å². The summed E-state index contributed by atoms with van der Waals surface area (Å²) < 4.78 is 0. The first-order valence-electron chi connectivity index (χ1n) is 5.50. The lowest BCUT2D eigenvalue weighted by molar-refractivity contribution is -0.153. The quantitative estimate of drug-likeness (QED) is 0.708. The SMILES string of the molecule is C#CCCN1C(=O)C(C)(C)NC(=O)C1CC. The van der Waals surface area contributed by atoms with Crippen molar-refractivity contribution in [2.75, 3.05) is 6.54 Å². The molecule has 1 heterocycles. The van der Waals surface area contributed by atoms with Crippen LogP contribution in [0.1, 0.15) is 33.6 Å². The minimum absolute atomic E-state index is 0.0609. The van der Waals surface area contributed by atoms with Gasteiger partial charge < -0.3 is 10.2 Å². The number of carbonyl (C=O) groups excluding carboxylic acids is 2. The van der Waals surface area contributed by atoms with Gasteiger partial charge in [0.2, 0.25) is 11.8 Å². The Morgan fingerprint density at radius 3 is 2.62 bits per heavy atom. The molecule has 1 aliphatic rings. The van der Waals surface area contributed by atoms with E-state index in [1.54, 1.807) is 18.7 Å². The number of rotatable bonds is 3. The minimum Gasteiger partial charge on any atom is -0.340 e. The molecular weight excluding hydrogens is 204 g/mol. The van der Waals surface area contributed by atoms with Gasteiger partial charge in [0.25, 0.3) is 0 Å². The second-order valence-electron chi connectivity index (χ2n) is 4.49. The Labute approximate surface area is 96.4 Å². The largest absolute Gasteiger partial charge is 0.340 e. The number of nitrogens with zero attached hydrogens (tertiary/aromatic N) is 1. The molecule has 4 nitrogen and oxygen atoms in total. The highest BCUT2D eigenvalue weighted by Crippen LogP contribution is 2.19. The molecule has 1 fully saturated rings. The smallest absolute Gasteiger partial charge is 0.248 e. The van der Waals surface area contributed by atoms with Crippen molar-refractivity contribution in [2.24, 2.45) is 0 Å². The molecule has 0 radical (unpaired) electrons. The summed E-state index contributed by atoms with van der Waals surface area (Å²) in [5.74, 6) is 2.34. The van der Waals surface area contributed by atoms with E-state index in [4.69, 9.17) is 6.42 Å². The Bertz CT molecular complexity index is 341. The summed E-state index contributed by atoms with van der Waals surface area (Å²) in [6.07, 6.45) is 6.28. The Kier molecular flexibility index (Phi) is 3.58. The third kappa shape index (κ3) is 2.19. The number of amides is 2. The molecule has 1 rings (SSSR count). The summed E-state index contributed by atoms with van der Waals surface area (Å²) >= 11 is 0. The highest BCUT2D eigenvalue weighted by Gasteiger charge is 2.43. The zero-order chi connectivity index (χ0) is 12.3. The summed E-state index contributed by atoms with van der Waals surface area (Å²) in [4.78, 5) is 25.5. The van der Waals surface area contributed by atoms with Crippen LogP contribution in [0.15, 0.2) is 0 Å². The van der Waals surface area contributed by atoms with Crippen LogP contribution in [0.2, 0.25) is 0 Å². The van der Waals surface area contributed by atoms with E-state index < -0.39 is 5.54 Å².